The fourth-order valence-corrected chi connectivity index (χ4v) is 3.44. The van der Waals surface area contributed by atoms with Crippen molar-refractivity contribution in [3.8, 4) is 40.3 Å². The molecule has 4 aromatic rings. The van der Waals surface area contributed by atoms with Gasteiger partial charge < -0.3 is 25.3 Å². The van der Waals surface area contributed by atoms with Crippen molar-refractivity contribution in [1.29, 1.82) is 5.26 Å². The number of nitrogens with one attached hydrogen (secondary N) is 1. The van der Waals surface area contributed by atoms with Crippen LogP contribution in [-0.2, 0) is 11.4 Å². The van der Waals surface area contributed by atoms with E-state index in [4.69, 9.17) is 25.2 Å². The van der Waals surface area contributed by atoms with E-state index in [2.05, 4.69) is 21.9 Å². The summed E-state index contributed by atoms with van der Waals surface area (Å²) in [5, 5.41) is 11.4. The fraction of sp³-hybridized carbons (Fsp3) is 0.0714. The number of nitriles is 1. The van der Waals surface area contributed by atoms with E-state index < -0.39 is 5.91 Å². The number of carbonyl (C=O) groups excluding carboxylic acids is 1. The molecule has 4 rings (SSSR count). The van der Waals surface area contributed by atoms with Gasteiger partial charge in [0.25, 0.3) is 5.91 Å². The number of hydrogen-bond acceptors (Lipinski definition) is 8. The molecule has 0 aliphatic heterocycles. The molecule has 0 aliphatic carbocycles. The first-order chi connectivity index (χ1) is 18.0. The number of hydrogen-bond donors (Lipinski definition) is 2. The first-order valence-corrected chi connectivity index (χ1v) is 11.1. The summed E-state index contributed by atoms with van der Waals surface area (Å²) in [6.07, 6.45) is 1.31. The van der Waals surface area contributed by atoms with Crippen LogP contribution in [0.25, 0.3) is 11.1 Å². The van der Waals surface area contributed by atoms with Crippen LogP contribution in [0.15, 0.2) is 91.3 Å². The summed E-state index contributed by atoms with van der Waals surface area (Å²) < 4.78 is 17.3. The Hall–Kier alpha value is -5.36. The van der Waals surface area contributed by atoms with Gasteiger partial charge >= 0.3 is 0 Å². The number of amides is 1. The molecule has 9 heteroatoms. The maximum atomic E-state index is 12.0. The Bertz CT molecular complexity index is 1480. The molecule has 3 N–H and O–H groups in total. The third kappa shape index (κ3) is 6.01. The monoisotopic (exact) mass is 493 g/mol. The third-order valence-electron chi connectivity index (χ3n) is 5.29. The highest BCUT2D eigenvalue weighted by Crippen LogP contribution is 2.36. The number of benzene rings is 3. The summed E-state index contributed by atoms with van der Waals surface area (Å²) in [6, 6.07) is 23.3. The summed E-state index contributed by atoms with van der Waals surface area (Å²) >= 11 is 0. The van der Waals surface area contributed by atoms with Crippen molar-refractivity contribution in [2.45, 2.75) is 6.61 Å². The zero-order valence-electron chi connectivity index (χ0n) is 20.0. The second-order valence-electron chi connectivity index (χ2n) is 7.74. The van der Waals surface area contributed by atoms with E-state index >= 15 is 0 Å². The first kappa shape index (κ1) is 24.8. The van der Waals surface area contributed by atoms with Crippen molar-refractivity contribution in [3.05, 3.63) is 96.8 Å². The fourth-order valence-electron chi connectivity index (χ4n) is 3.44. The molecule has 0 saturated heterocycles. The normalized spacial score (nSPS) is 10.2. The van der Waals surface area contributed by atoms with Crippen molar-refractivity contribution in [3.63, 3.8) is 0 Å². The summed E-state index contributed by atoms with van der Waals surface area (Å²) in [5.74, 6) is 1.70. The van der Waals surface area contributed by atoms with Gasteiger partial charge in [-0.2, -0.15) is 5.26 Å². The lowest BCUT2D eigenvalue weighted by Gasteiger charge is -2.14. The number of rotatable bonds is 9. The van der Waals surface area contributed by atoms with Gasteiger partial charge in [-0.3, -0.25) is 4.79 Å². The summed E-state index contributed by atoms with van der Waals surface area (Å²) in [4.78, 5) is 20.3. The minimum atomic E-state index is -0.598. The van der Waals surface area contributed by atoms with Gasteiger partial charge in [0.1, 0.15) is 47.6 Å². The van der Waals surface area contributed by atoms with Crippen molar-refractivity contribution in [2.75, 3.05) is 18.2 Å². The smallest absolute Gasteiger partial charge is 0.265 e. The molecular formula is C28H23N5O4. The number of methoxy groups -OCH3 is 1. The number of nitrogens with zero attached hydrogens (tertiary/aromatic N) is 3. The number of para-hydroxylation sites is 1. The lowest BCUT2D eigenvalue weighted by Crippen LogP contribution is -2.12. The average molecular weight is 494 g/mol. The number of nitrogens with two attached hydrogens (primary N) is 1. The third-order valence-corrected chi connectivity index (χ3v) is 5.29. The molecule has 0 bridgehead atoms. The molecular weight excluding hydrogens is 470 g/mol. The minimum Gasteiger partial charge on any atom is -0.496 e. The molecule has 0 spiro atoms. The van der Waals surface area contributed by atoms with Gasteiger partial charge in [0.15, 0.2) is 0 Å². The van der Waals surface area contributed by atoms with Crippen molar-refractivity contribution >= 4 is 17.4 Å². The van der Waals surface area contributed by atoms with Crippen LogP contribution >= 0.6 is 0 Å². The minimum absolute atomic E-state index is 0.201. The van der Waals surface area contributed by atoms with Gasteiger partial charge in [-0.15, -0.1) is 0 Å². The number of nitrogen functional groups attached to an aromatic ring is 1. The maximum absolute atomic E-state index is 12.0. The largest absolute Gasteiger partial charge is 0.496 e. The van der Waals surface area contributed by atoms with Crippen molar-refractivity contribution in [1.82, 2.24) is 9.97 Å². The molecule has 1 aromatic heterocycles. The molecule has 0 radical (unpaired) electrons. The standard InChI is InChI=1S/C28H23N5O4/c1-18(15-29)27(34)33-21-7-5-8-23(14-21)37-28-25(26(30)31-17-32-28)19-10-12-22(13-11-19)36-16-20-6-3-4-9-24(20)35-2/h3-14,17H,1,16H2,2H3,(H,33,34)(H2,30,31,32). The van der Waals surface area contributed by atoms with E-state index in [1.807, 2.05) is 48.5 Å². The molecule has 0 aliphatic rings. The van der Waals surface area contributed by atoms with Gasteiger partial charge in [-0.05, 0) is 35.9 Å². The zero-order chi connectivity index (χ0) is 26.2. The summed E-state index contributed by atoms with van der Waals surface area (Å²) in [5.41, 5.74) is 8.58. The first-order valence-electron chi connectivity index (χ1n) is 11.1. The van der Waals surface area contributed by atoms with E-state index in [1.54, 1.807) is 37.4 Å². The highest BCUT2D eigenvalue weighted by atomic mass is 16.5. The van der Waals surface area contributed by atoms with Crippen LogP contribution in [-0.4, -0.2) is 23.0 Å². The number of carbonyl (C=O) groups is 1. The highest BCUT2D eigenvalue weighted by Gasteiger charge is 2.15. The number of aromatic nitrogens is 2. The number of ether oxygens (including phenoxy) is 3. The highest BCUT2D eigenvalue weighted by molar-refractivity contribution is 6.06. The van der Waals surface area contributed by atoms with Crippen molar-refractivity contribution < 1.29 is 19.0 Å². The average Bonchev–Trinajstić information content (AvgIpc) is 2.92. The van der Waals surface area contributed by atoms with Crippen LogP contribution in [0.4, 0.5) is 11.5 Å². The molecule has 0 fully saturated rings. The van der Waals surface area contributed by atoms with E-state index in [9.17, 15) is 4.79 Å². The predicted octanol–water partition coefficient (Wildman–Crippen LogP) is 5.12. The Morgan fingerprint density at radius 3 is 2.59 bits per heavy atom. The Kier molecular flexibility index (Phi) is 7.61. The van der Waals surface area contributed by atoms with Gasteiger partial charge in [0.2, 0.25) is 5.88 Å². The molecule has 1 heterocycles. The second kappa shape index (κ2) is 11.4. The van der Waals surface area contributed by atoms with Crippen LogP contribution in [0.5, 0.6) is 23.1 Å². The topological polar surface area (TPSA) is 132 Å². The van der Waals surface area contributed by atoms with E-state index in [1.165, 1.54) is 6.33 Å². The van der Waals surface area contributed by atoms with Crippen molar-refractivity contribution in [2.24, 2.45) is 0 Å². The van der Waals surface area contributed by atoms with E-state index in [0.717, 1.165) is 16.9 Å². The van der Waals surface area contributed by atoms with Crippen LogP contribution < -0.4 is 25.3 Å². The molecule has 184 valence electrons. The summed E-state index contributed by atoms with van der Waals surface area (Å²) in [7, 11) is 1.62. The van der Waals surface area contributed by atoms with E-state index in [0.29, 0.717) is 29.4 Å². The molecule has 0 unspecified atom stereocenters. The Morgan fingerprint density at radius 2 is 1.84 bits per heavy atom. The molecule has 37 heavy (non-hydrogen) atoms. The molecule has 0 saturated carbocycles. The Balaban J connectivity index is 1.52. The van der Waals surface area contributed by atoms with Crippen LogP contribution in [0.1, 0.15) is 5.56 Å². The quantitative estimate of drug-likeness (QED) is 0.242. The lowest BCUT2D eigenvalue weighted by molar-refractivity contribution is -0.112. The van der Waals surface area contributed by atoms with Gasteiger partial charge in [-0.25, -0.2) is 9.97 Å². The molecule has 9 nitrogen and oxygen atoms in total. The molecule has 1 amide bonds. The van der Waals surface area contributed by atoms with E-state index in [-0.39, 0.29) is 17.3 Å². The second-order valence-corrected chi connectivity index (χ2v) is 7.74. The van der Waals surface area contributed by atoms with Gasteiger partial charge in [0.05, 0.1) is 12.7 Å². The lowest BCUT2D eigenvalue weighted by atomic mass is 10.1. The SMILES string of the molecule is C=C(C#N)C(=O)Nc1cccc(Oc2ncnc(N)c2-c2ccc(OCc3ccccc3OC)cc2)c1. The Labute approximate surface area is 213 Å². The molecule has 0 atom stereocenters. The number of anilines is 2. The zero-order valence-corrected chi connectivity index (χ0v) is 20.0. The molecule has 3 aromatic carbocycles. The van der Waals surface area contributed by atoms with Crippen LogP contribution in [0.3, 0.4) is 0 Å². The van der Waals surface area contributed by atoms with Crippen LogP contribution in [0.2, 0.25) is 0 Å². The van der Waals surface area contributed by atoms with Crippen LogP contribution in [0, 0.1) is 11.3 Å². The maximum Gasteiger partial charge on any atom is 0.265 e. The Morgan fingerprint density at radius 1 is 1.05 bits per heavy atom. The van der Waals surface area contributed by atoms with Gasteiger partial charge in [-0.1, -0.05) is 43.0 Å². The summed E-state index contributed by atoms with van der Waals surface area (Å²) in [6.45, 7) is 3.76. The van der Waals surface area contributed by atoms with Gasteiger partial charge in [0, 0.05) is 17.3 Å². The predicted molar refractivity (Wildman–Crippen MR) is 139 cm³/mol.